The summed E-state index contributed by atoms with van der Waals surface area (Å²) in [6, 6.07) is 29.5. The van der Waals surface area contributed by atoms with Gasteiger partial charge in [0.25, 0.3) is 0 Å². The van der Waals surface area contributed by atoms with Gasteiger partial charge in [-0.1, -0.05) is 87.9 Å². The van der Waals surface area contributed by atoms with Crippen LogP contribution in [0.3, 0.4) is 0 Å². The van der Waals surface area contributed by atoms with Crippen molar-refractivity contribution in [2.45, 2.75) is 45.4 Å². The first-order valence-corrected chi connectivity index (χ1v) is 13.3. The van der Waals surface area contributed by atoms with Crippen molar-refractivity contribution in [3.63, 3.8) is 0 Å². The van der Waals surface area contributed by atoms with Gasteiger partial charge < -0.3 is 0 Å². The molecule has 0 saturated carbocycles. The summed E-state index contributed by atoms with van der Waals surface area (Å²) in [5, 5.41) is 7.99. The number of aryl methyl sites for hydroxylation is 1. The van der Waals surface area contributed by atoms with E-state index in [1.807, 2.05) is 6.20 Å². The predicted molar refractivity (Wildman–Crippen MR) is 157 cm³/mol. The largest absolute Gasteiger partial charge is 0.256 e. The summed E-state index contributed by atoms with van der Waals surface area (Å²) in [6.07, 6.45) is 1.99. The van der Waals surface area contributed by atoms with Crippen LogP contribution < -0.4 is 0 Å². The topological polar surface area (TPSA) is 12.9 Å². The van der Waals surface area contributed by atoms with E-state index in [-0.39, 0.29) is 10.8 Å². The molecule has 0 fully saturated rings. The summed E-state index contributed by atoms with van der Waals surface area (Å²) in [5.41, 5.74) is 12.3. The fraction of sp³-hybridized carbons (Fsp3) is 0.194. The number of fused-ring (bicyclic) bond motifs is 6. The van der Waals surface area contributed by atoms with Crippen molar-refractivity contribution in [3.8, 4) is 22.4 Å². The van der Waals surface area contributed by atoms with E-state index in [2.05, 4.69) is 113 Å². The Balaban J connectivity index is 1.53. The summed E-state index contributed by atoms with van der Waals surface area (Å²) in [5.74, 6) is 0. The molecule has 0 bridgehead atoms. The van der Waals surface area contributed by atoms with E-state index in [1.54, 1.807) is 0 Å². The zero-order valence-electron chi connectivity index (χ0n) is 22.0. The van der Waals surface area contributed by atoms with Crippen LogP contribution in [0.1, 0.15) is 55.5 Å². The number of nitrogens with zero attached hydrogens (tertiary/aromatic N) is 1. The Hall–Kier alpha value is -3.97. The van der Waals surface area contributed by atoms with Gasteiger partial charge in [0.15, 0.2) is 0 Å². The van der Waals surface area contributed by atoms with E-state index >= 15 is 0 Å². The second kappa shape index (κ2) is 6.66. The monoisotopic (exact) mass is 475 g/mol. The summed E-state index contributed by atoms with van der Waals surface area (Å²) >= 11 is 0. The van der Waals surface area contributed by atoms with E-state index < -0.39 is 0 Å². The van der Waals surface area contributed by atoms with E-state index in [4.69, 9.17) is 4.98 Å². The van der Waals surface area contributed by atoms with Crippen LogP contribution in [0, 0.1) is 6.92 Å². The van der Waals surface area contributed by atoms with Gasteiger partial charge in [0.2, 0.25) is 0 Å². The lowest BCUT2D eigenvalue weighted by atomic mass is 9.72. The average molecular weight is 476 g/mol. The van der Waals surface area contributed by atoms with Crippen LogP contribution in [0.15, 0.2) is 85.1 Å². The van der Waals surface area contributed by atoms with Crippen LogP contribution >= 0.6 is 0 Å². The quantitative estimate of drug-likeness (QED) is 0.216. The van der Waals surface area contributed by atoms with Gasteiger partial charge in [0, 0.05) is 28.0 Å². The molecule has 0 atom stereocenters. The Bertz CT molecular complexity index is 1990. The van der Waals surface area contributed by atoms with Crippen LogP contribution in [0.25, 0.3) is 54.7 Å². The molecule has 0 unspecified atom stereocenters. The number of pyridine rings is 1. The minimum atomic E-state index is -0.0783. The number of rotatable bonds is 1. The SMILES string of the molecule is Cc1cccc(-c2nccc3c2ccc2c4c5c(cc23)C(C)(C)c2cc3ccccc3c(c2-5)C4(C)C)c1. The Morgan fingerprint density at radius 3 is 2.11 bits per heavy atom. The molecule has 0 N–H and O–H groups in total. The van der Waals surface area contributed by atoms with Gasteiger partial charge in [-0.25, -0.2) is 0 Å². The van der Waals surface area contributed by atoms with Crippen LogP contribution in [0.2, 0.25) is 0 Å². The Morgan fingerprint density at radius 1 is 0.568 bits per heavy atom. The van der Waals surface area contributed by atoms with Crippen LogP contribution in [-0.4, -0.2) is 4.98 Å². The smallest absolute Gasteiger partial charge is 0.0780 e. The standard InChI is InChI=1S/C36H29N/c1-20-9-8-11-22(17-20)34-26-14-13-25-27(24(26)15-16-37-34)19-29-31-30-28(35(29,2)3)18-21-10-6-7-12-23(21)32(30)36(4,5)33(25)31/h6-19H,1-5H3. The van der Waals surface area contributed by atoms with Crippen molar-refractivity contribution in [2.75, 3.05) is 0 Å². The minimum Gasteiger partial charge on any atom is -0.256 e. The fourth-order valence-electron chi connectivity index (χ4n) is 7.58. The van der Waals surface area contributed by atoms with Crippen LogP contribution in [0.4, 0.5) is 0 Å². The minimum absolute atomic E-state index is 0.0442. The molecule has 8 rings (SSSR count). The lowest BCUT2D eigenvalue weighted by Gasteiger charge is -2.31. The molecule has 1 heterocycles. The highest BCUT2D eigenvalue weighted by molar-refractivity contribution is 6.17. The van der Waals surface area contributed by atoms with Gasteiger partial charge in [0.05, 0.1) is 5.69 Å². The second-order valence-corrected chi connectivity index (χ2v) is 12.1. The molecular formula is C36H29N. The van der Waals surface area contributed by atoms with E-state index in [9.17, 15) is 0 Å². The highest BCUT2D eigenvalue weighted by Crippen LogP contribution is 2.63. The first-order valence-electron chi connectivity index (χ1n) is 13.3. The molecule has 1 heteroatoms. The predicted octanol–water partition coefficient (Wildman–Crippen LogP) is 9.46. The lowest BCUT2D eigenvalue weighted by molar-refractivity contribution is 0.638. The zero-order valence-corrected chi connectivity index (χ0v) is 22.0. The van der Waals surface area contributed by atoms with Crippen molar-refractivity contribution in [3.05, 3.63) is 113 Å². The normalized spacial score (nSPS) is 16.1. The molecule has 0 spiro atoms. The molecule has 2 aliphatic rings. The van der Waals surface area contributed by atoms with E-state index in [0.717, 1.165) is 5.69 Å². The molecule has 1 aromatic heterocycles. The molecule has 1 nitrogen and oxygen atoms in total. The van der Waals surface area contributed by atoms with E-state index in [0.29, 0.717) is 0 Å². The molecule has 0 saturated heterocycles. The third kappa shape index (κ3) is 2.48. The highest BCUT2D eigenvalue weighted by atomic mass is 14.7. The van der Waals surface area contributed by atoms with Gasteiger partial charge in [-0.2, -0.15) is 0 Å². The molecule has 37 heavy (non-hydrogen) atoms. The van der Waals surface area contributed by atoms with Gasteiger partial charge >= 0.3 is 0 Å². The molecule has 2 aliphatic carbocycles. The van der Waals surface area contributed by atoms with Crippen molar-refractivity contribution in [1.29, 1.82) is 0 Å². The molecular weight excluding hydrogens is 446 g/mol. The third-order valence-corrected chi connectivity index (χ3v) is 9.25. The lowest BCUT2D eigenvalue weighted by Crippen LogP contribution is -2.22. The summed E-state index contributed by atoms with van der Waals surface area (Å²) < 4.78 is 0. The summed E-state index contributed by atoms with van der Waals surface area (Å²) in [6.45, 7) is 11.8. The van der Waals surface area contributed by atoms with E-state index in [1.165, 1.54) is 76.8 Å². The van der Waals surface area contributed by atoms with Gasteiger partial charge in [-0.3, -0.25) is 4.98 Å². The zero-order chi connectivity index (χ0) is 25.3. The van der Waals surface area contributed by atoms with Crippen LogP contribution in [-0.2, 0) is 10.8 Å². The van der Waals surface area contributed by atoms with Gasteiger partial charge in [0.1, 0.15) is 0 Å². The van der Waals surface area contributed by atoms with Crippen molar-refractivity contribution in [1.82, 2.24) is 4.98 Å². The Kier molecular flexibility index (Phi) is 3.81. The Morgan fingerprint density at radius 2 is 1.30 bits per heavy atom. The maximum Gasteiger partial charge on any atom is 0.0780 e. The molecule has 5 aromatic carbocycles. The number of hydrogen-bond acceptors (Lipinski definition) is 1. The summed E-state index contributed by atoms with van der Waals surface area (Å²) in [7, 11) is 0. The molecule has 178 valence electrons. The fourth-order valence-corrected chi connectivity index (χ4v) is 7.58. The summed E-state index contributed by atoms with van der Waals surface area (Å²) in [4.78, 5) is 4.86. The first kappa shape index (κ1) is 21.1. The number of aromatic nitrogens is 1. The van der Waals surface area contributed by atoms with Crippen molar-refractivity contribution < 1.29 is 0 Å². The van der Waals surface area contributed by atoms with Crippen LogP contribution in [0.5, 0.6) is 0 Å². The molecule has 0 radical (unpaired) electrons. The third-order valence-electron chi connectivity index (χ3n) is 9.25. The maximum absolute atomic E-state index is 4.86. The van der Waals surface area contributed by atoms with Crippen molar-refractivity contribution in [2.24, 2.45) is 0 Å². The molecule has 0 amide bonds. The Labute approximate surface area is 217 Å². The highest BCUT2D eigenvalue weighted by Gasteiger charge is 2.49. The molecule has 6 aromatic rings. The van der Waals surface area contributed by atoms with Gasteiger partial charge in [-0.05, 0) is 91.5 Å². The molecule has 0 aliphatic heterocycles. The first-order chi connectivity index (χ1) is 17.8. The number of hydrogen-bond donors (Lipinski definition) is 0. The maximum atomic E-state index is 4.86. The van der Waals surface area contributed by atoms with Gasteiger partial charge in [-0.15, -0.1) is 0 Å². The second-order valence-electron chi connectivity index (χ2n) is 12.1. The number of benzene rings is 5. The van der Waals surface area contributed by atoms with Crippen molar-refractivity contribution >= 4 is 32.3 Å². The average Bonchev–Trinajstić information content (AvgIpc) is 3.27.